The molecule has 28 heavy (non-hydrogen) atoms. The van der Waals surface area contributed by atoms with E-state index in [1.54, 1.807) is 37.3 Å². The maximum Gasteiger partial charge on any atom is 0.321 e. The van der Waals surface area contributed by atoms with Crippen LogP contribution in [0, 0.1) is 0 Å². The Hall–Kier alpha value is -2.82. The summed E-state index contributed by atoms with van der Waals surface area (Å²) in [4.78, 5) is 14.2. The molecular weight excluding hydrogens is 386 g/mol. The van der Waals surface area contributed by atoms with Gasteiger partial charge < -0.3 is 24.3 Å². The number of sulfone groups is 1. The van der Waals surface area contributed by atoms with Crippen LogP contribution < -0.4 is 14.8 Å². The highest BCUT2D eigenvalue weighted by Gasteiger charge is 2.35. The lowest BCUT2D eigenvalue weighted by Gasteiger charge is -2.31. The molecule has 0 radical (unpaired) electrons. The first-order valence-corrected chi connectivity index (χ1v) is 10.3. The topological polar surface area (TPSA) is 116 Å². The van der Waals surface area contributed by atoms with Crippen LogP contribution in [0.25, 0.3) is 0 Å². The Morgan fingerprint density at radius 3 is 2.50 bits per heavy atom. The Kier molecular flexibility index (Phi) is 5.73. The lowest BCUT2D eigenvalue weighted by molar-refractivity contribution is 0.200. The molecule has 1 aromatic carbocycles. The number of urea groups is 1. The number of amides is 2. The molecule has 0 unspecified atom stereocenters. The molecule has 2 amide bonds. The molecule has 0 bridgehead atoms. The van der Waals surface area contributed by atoms with Crippen LogP contribution in [0.4, 0.5) is 10.5 Å². The summed E-state index contributed by atoms with van der Waals surface area (Å²) in [6.07, 6.45) is 2.03. The van der Waals surface area contributed by atoms with Gasteiger partial charge in [0.05, 0.1) is 25.2 Å². The molecule has 1 aliphatic heterocycles. The number of carbonyl (C=O) groups excluding carboxylic acids is 1. The van der Waals surface area contributed by atoms with Gasteiger partial charge in [0.25, 0.3) is 0 Å². The standard InChI is InChI=1S/C17H23N5O5S/c1-21-11-18-20-17(21)28(24,25)13-6-8-22(9-7-13)16(23)19-14-5-4-12(26-2)10-15(14)27-3/h4-5,10-11,13H,6-9H2,1-3H3,(H,19,23). The van der Waals surface area contributed by atoms with Crippen LogP contribution in [0.2, 0.25) is 0 Å². The number of likely N-dealkylation sites (tertiary alicyclic amines) is 1. The molecule has 1 saturated heterocycles. The van der Waals surface area contributed by atoms with Gasteiger partial charge in [-0.15, -0.1) is 10.2 Å². The van der Waals surface area contributed by atoms with Gasteiger partial charge in [-0.1, -0.05) is 0 Å². The monoisotopic (exact) mass is 409 g/mol. The second-order valence-corrected chi connectivity index (χ2v) is 8.57. The van der Waals surface area contributed by atoms with Gasteiger partial charge in [0.15, 0.2) is 0 Å². The molecule has 0 aliphatic carbocycles. The number of aromatic nitrogens is 3. The molecule has 0 spiro atoms. The molecule has 152 valence electrons. The molecule has 3 rings (SSSR count). The minimum atomic E-state index is -3.58. The predicted octanol–water partition coefficient (Wildman–Crippen LogP) is 1.30. The van der Waals surface area contributed by atoms with Gasteiger partial charge in [0.2, 0.25) is 15.0 Å². The van der Waals surface area contributed by atoms with Crippen LogP contribution in [0.5, 0.6) is 11.5 Å². The third-order valence-corrected chi connectivity index (χ3v) is 6.97. The summed E-state index contributed by atoms with van der Waals surface area (Å²) in [5.41, 5.74) is 0.516. The third-order valence-electron chi connectivity index (χ3n) is 4.74. The Morgan fingerprint density at radius 1 is 1.21 bits per heavy atom. The van der Waals surface area contributed by atoms with Crippen molar-refractivity contribution in [2.45, 2.75) is 23.2 Å². The highest BCUT2D eigenvalue weighted by Crippen LogP contribution is 2.30. The first-order chi connectivity index (χ1) is 13.4. The van der Waals surface area contributed by atoms with E-state index in [4.69, 9.17) is 9.47 Å². The second kappa shape index (κ2) is 8.05. The highest BCUT2D eigenvalue weighted by molar-refractivity contribution is 7.91. The first kappa shape index (κ1) is 19.9. The zero-order valence-corrected chi connectivity index (χ0v) is 16.8. The average Bonchev–Trinajstić information content (AvgIpc) is 3.15. The number of benzene rings is 1. The summed E-state index contributed by atoms with van der Waals surface area (Å²) in [5, 5.41) is 9.53. The fourth-order valence-corrected chi connectivity index (χ4v) is 4.88. The van der Waals surface area contributed by atoms with E-state index in [1.165, 1.54) is 18.0 Å². The molecular formula is C17H23N5O5S. The van der Waals surface area contributed by atoms with Crippen LogP contribution >= 0.6 is 0 Å². The largest absolute Gasteiger partial charge is 0.497 e. The molecule has 1 fully saturated rings. The Balaban J connectivity index is 1.64. The normalized spacial score (nSPS) is 15.3. The van der Waals surface area contributed by atoms with Crippen molar-refractivity contribution >= 4 is 21.6 Å². The number of methoxy groups -OCH3 is 2. The van der Waals surface area contributed by atoms with Crippen molar-refractivity contribution in [1.82, 2.24) is 19.7 Å². The Bertz CT molecular complexity index is 951. The average molecular weight is 409 g/mol. The third kappa shape index (κ3) is 3.88. The van der Waals surface area contributed by atoms with Crippen LogP contribution in [0.1, 0.15) is 12.8 Å². The van der Waals surface area contributed by atoms with Crippen molar-refractivity contribution in [3.8, 4) is 11.5 Å². The number of ether oxygens (including phenoxy) is 2. The minimum absolute atomic E-state index is 0.0432. The number of nitrogens with zero attached hydrogens (tertiary/aromatic N) is 4. The van der Waals surface area contributed by atoms with Gasteiger partial charge in [-0.25, -0.2) is 13.2 Å². The summed E-state index contributed by atoms with van der Waals surface area (Å²) < 4.78 is 37.2. The Labute approximate surface area is 163 Å². The summed E-state index contributed by atoms with van der Waals surface area (Å²) in [6, 6.07) is 4.78. The van der Waals surface area contributed by atoms with Gasteiger partial charge in [0, 0.05) is 26.2 Å². The number of hydrogen-bond donors (Lipinski definition) is 1. The number of carbonyl (C=O) groups is 1. The molecule has 1 N–H and O–H groups in total. The van der Waals surface area contributed by atoms with E-state index in [9.17, 15) is 13.2 Å². The number of piperidine rings is 1. The maximum absolute atomic E-state index is 12.7. The van der Waals surface area contributed by atoms with Crippen LogP contribution in [-0.2, 0) is 16.9 Å². The van der Waals surface area contributed by atoms with Crippen LogP contribution in [0.15, 0.2) is 29.7 Å². The van der Waals surface area contributed by atoms with E-state index in [0.717, 1.165) is 0 Å². The van der Waals surface area contributed by atoms with E-state index in [2.05, 4.69) is 15.5 Å². The number of rotatable bonds is 5. The smallest absolute Gasteiger partial charge is 0.321 e. The van der Waals surface area contributed by atoms with Crippen molar-refractivity contribution in [3.63, 3.8) is 0 Å². The lowest BCUT2D eigenvalue weighted by atomic mass is 10.1. The molecule has 0 saturated carbocycles. The van der Waals surface area contributed by atoms with Crippen molar-refractivity contribution in [3.05, 3.63) is 24.5 Å². The van der Waals surface area contributed by atoms with Crippen molar-refractivity contribution in [1.29, 1.82) is 0 Å². The fourth-order valence-electron chi connectivity index (χ4n) is 3.14. The quantitative estimate of drug-likeness (QED) is 0.791. The van der Waals surface area contributed by atoms with Gasteiger partial charge >= 0.3 is 6.03 Å². The van der Waals surface area contributed by atoms with Gasteiger partial charge in [-0.2, -0.15) is 0 Å². The maximum atomic E-state index is 12.7. The summed E-state index contributed by atoms with van der Waals surface area (Å²) >= 11 is 0. The zero-order valence-electron chi connectivity index (χ0n) is 16.0. The zero-order chi connectivity index (χ0) is 20.3. The minimum Gasteiger partial charge on any atom is -0.497 e. The molecule has 1 aromatic heterocycles. The first-order valence-electron chi connectivity index (χ1n) is 8.72. The Morgan fingerprint density at radius 2 is 1.93 bits per heavy atom. The summed E-state index contributed by atoms with van der Waals surface area (Å²) in [6.45, 7) is 0.651. The highest BCUT2D eigenvalue weighted by atomic mass is 32.2. The van der Waals surface area contributed by atoms with Gasteiger partial charge in [-0.3, -0.25) is 0 Å². The van der Waals surface area contributed by atoms with Crippen LogP contribution in [-0.4, -0.2) is 66.7 Å². The molecule has 2 aromatic rings. The molecule has 1 aliphatic rings. The number of aryl methyl sites for hydroxylation is 1. The molecule has 11 heteroatoms. The summed E-state index contributed by atoms with van der Waals surface area (Å²) in [5.74, 6) is 1.09. The molecule has 0 atom stereocenters. The second-order valence-electron chi connectivity index (χ2n) is 6.45. The van der Waals surface area contributed by atoms with E-state index in [1.807, 2.05) is 0 Å². The van der Waals surface area contributed by atoms with E-state index in [0.29, 0.717) is 43.1 Å². The predicted molar refractivity (Wildman–Crippen MR) is 101 cm³/mol. The van der Waals surface area contributed by atoms with E-state index < -0.39 is 15.1 Å². The lowest BCUT2D eigenvalue weighted by Crippen LogP contribution is -2.44. The summed E-state index contributed by atoms with van der Waals surface area (Å²) in [7, 11) is 1.07. The van der Waals surface area contributed by atoms with Crippen molar-refractivity contribution < 1.29 is 22.7 Å². The van der Waals surface area contributed by atoms with E-state index in [-0.39, 0.29) is 11.2 Å². The van der Waals surface area contributed by atoms with Gasteiger partial charge in [-0.05, 0) is 25.0 Å². The SMILES string of the molecule is COc1ccc(NC(=O)N2CCC(S(=O)(=O)c3nncn3C)CC2)c(OC)c1. The number of nitrogens with one attached hydrogen (secondary N) is 1. The van der Waals surface area contributed by atoms with Crippen LogP contribution in [0.3, 0.4) is 0 Å². The molecule has 10 nitrogen and oxygen atoms in total. The number of hydrogen-bond acceptors (Lipinski definition) is 7. The fraction of sp³-hybridized carbons (Fsp3) is 0.471. The van der Waals surface area contributed by atoms with Crippen molar-refractivity contribution in [2.75, 3.05) is 32.6 Å². The van der Waals surface area contributed by atoms with Gasteiger partial charge in [0.1, 0.15) is 17.8 Å². The van der Waals surface area contributed by atoms with Crippen molar-refractivity contribution in [2.24, 2.45) is 7.05 Å². The van der Waals surface area contributed by atoms with E-state index >= 15 is 0 Å². The number of anilines is 1. The molecule has 2 heterocycles.